The highest BCUT2D eigenvalue weighted by atomic mass is 16.5. The van der Waals surface area contributed by atoms with E-state index in [0.29, 0.717) is 19.6 Å². The van der Waals surface area contributed by atoms with Gasteiger partial charge in [0.1, 0.15) is 5.78 Å². The molecule has 0 amide bonds. The third-order valence-corrected chi connectivity index (χ3v) is 2.06. The summed E-state index contributed by atoms with van der Waals surface area (Å²) in [5.74, 6) is 0.286. The van der Waals surface area contributed by atoms with Gasteiger partial charge in [-0.3, -0.25) is 9.69 Å². The van der Waals surface area contributed by atoms with Crippen LogP contribution in [0.25, 0.3) is 0 Å². The van der Waals surface area contributed by atoms with Crippen LogP contribution < -0.4 is 0 Å². The first-order valence-electron chi connectivity index (χ1n) is 5.47. The molecule has 0 rings (SSSR count). The van der Waals surface area contributed by atoms with Crippen LogP contribution >= 0.6 is 0 Å². The number of carbonyl (C=O) groups excluding carboxylic acids is 1. The molecule has 0 unspecified atom stereocenters. The van der Waals surface area contributed by atoms with Crippen molar-refractivity contribution < 1.29 is 9.53 Å². The zero-order chi connectivity index (χ0) is 10.8. The van der Waals surface area contributed by atoms with Crippen molar-refractivity contribution in [3.8, 4) is 0 Å². The summed E-state index contributed by atoms with van der Waals surface area (Å²) in [5.41, 5.74) is 0. The lowest BCUT2D eigenvalue weighted by Gasteiger charge is -2.19. The number of Topliss-reactive ketones (excluding diaryl/α,β-unsaturated/α-hetero) is 1. The zero-order valence-corrected chi connectivity index (χ0v) is 9.71. The summed E-state index contributed by atoms with van der Waals surface area (Å²) >= 11 is 0. The normalized spacial score (nSPS) is 10.9. The molecule has 0 N–H and O–H groups in total. The monoisotopic (exact) mass is 201 g/mol. The Kier molecular flexibility index (Phi) is 8.89. The Morgan fingerprint density at radius 3 is 2.21 bits per heavy atom. The van der Waals surface area contributed by atoms with E-state index in [1.165, 1.54) is 0 Å². The molecule has 0 atom stereocenters. The van der Waals surface area contributed by atoms with E-state index in [1.54, 1.807) is 7.11 Å². The maximum absolute atomic E-state index is 11.4. The number of methoxy groups -OCH3 is 1. The molecule has 0 aliphatic rings. The van der Waals surface area contributed by atoms with Gasteiger partial charge in [-0.1, -0.05) is 13.8 Å². The van der Waals surface area contributed by atoms with Crippen LogP contribution in [-0.2, 0) is 9.53 Å². The van der Waals surface area contributed by atoms with Gasteiger partial charge in [0.15, 0.2) is 0 Å². The summed E-state index contributed by atoms with van der Waals surface area (Å²) in [7, 11) is 1.63. The number of hydrogen-bond acceptors (Lipinski definition) is 3. The van der Waals surface area contributed by atoms with E-state index < -0.39 is 0 Å². The minimum atomic E-state index is 0.286. The Hall–Kier alpha value is -0.410. The van der Waals surface area contributed by atoms with Gasteiger partial charge >= 0.3 is 0 Å². The van der Waals surface area contributed by atoms with Gasteiger partial charge in [-0.25, -0.2) is 0 Å². The van der Waals surface area contributed by atoms with E-state index in [4.69, 9.17) is 4.74 Å². The van der Waals surface area contributed by atoms with Crippen LogP contribution in [0.4, 0.5) is 0 Å². The van der Waals surface area contributed by atoms with Crippen LogP contribution in [0, 0.1) is 0 Å². The smallest absolute Gasteiger partial charge is 0.149 e. The fourth-order valence-corrected chi connectivity index (χ4v) is 1.45. The summed E-state index contributed by atoms with van der Waals surface area (Å²) in [6.07, 6.45) is 2.76. The summed E-state index contributed by atoms with van der Waals surface area (Å²) in [5, 5.41) is 0. The molecule has 0 heterocycles. The molecule has 0 aliphatic heterocycles. The molecule has 0 aromatic carbocycles. The second-order valence-corrected chi connectivity index (χ2v) is 3.56. The molecular weight excluding hydrogens is 178 g/mol. The van der Waals surface area contributed by atoms with Crippen LogP contribution in [0.2, 0.25) is 0 Å². The number of hydrogen-bond donors (Lipinski definition) is 0. The fraction of sp³-hybridized carbons (Fsp3) is 0.909. The SMILES string of the molecule is CCCN(CCC)CC(=O)CCOC. The van der Waals surface area contributed by atoms with Crippen LogP contribution in [0.1, 0.15) is 33.1 Å². The summed E-state index contributed by atoms with van der Waals surface area (Å²) in [4.78, 5) is 13.7. The average Bonchev–Trinajstić information content (AvgIpc) is 2.15. The van der Waals surface area contributed by atoms with Gasteiger partial charge in [0.2, 0.25) is 0 Å². The summed E-state index contributed by atoms with van der Waals surface area (Å²) in [6, 6.07) is 0. The highest BCUT2D eigenvalue weighted by Gasteiger charge is 2.08. The molecule has 0 aromatic heterocycles. The first kappa shape index (κ1) is 13.6. The van der Waals surface area contributed by atoms with Gasteiger partial charge in [-0.2, -0.15) is 0 Å². The number of carbonyl (C=O) groups is 1. The maximum Gasteiger partial charge on any atom is 0.149 e. The van der Waals surface area contributed by atoms with Gasteiger partial charge in [0, 0.05) is 13.5 Å². The first-order chi connectivity index (χ1) is 6.74. The third kappa shape index (κ3) is 7.04. The largest absolute Gasteiger partial charge is 0.384 e. The lowest BCUT2D eigenvalue weighted by atomic mass is 10.2. The Morgan fingerprint density at radius 1 is 1.21 bits per heavy atom. The Bertz CT molecular complexity index is 142. The van der Waals surface area contributed by atoms with Crippen molar-refractivity contribution >= 4 is 5.78 Å². The van der Waals surface area contributed by atoms with Crippen molar-refractivity contribution in [2.75, 3.05) is 33.4 Å². The molecule has 84 valence electrons. The Balaban J connectivity index is 3.71. The van der Waals surface area contributed by atoms with Crippen molar-refractivity contribution in [2.24, 2.45) is 0 Å². The van der Waals surface area contributed by atoms with Crippen molar-refractivity contribution in [1.82, 2.24) is 4.90 Å². The van der Waals surface area contributed by atoms with Gasteiger partial charge in [-0.15, -0.1) is 0 Å². The molecule has 0 aromatic rings. The van der Waals surface area contributed by atoms with E-state index >= 15 is 0 Å². The molecule has 0 radical (unpaired) electrons. The summed E-state index contributed by atoms with van der Waals surface area (Å²) in [6.45, 7) is 7.46. The number of ether oxygens (including phenoxy) is 1. The number of rotatable bonds is 9. The minimum absolute atomic E-state index is 0.286. The molecule has 0 aliphatic carbocycles. The molecule has 0 saturated heterocycles. The van der Waals surface area contributed by atoms with Crippen LogP contribution in [0.3, 0.4) is 0 Å². The van der Waals surface area contributed by atoms with E-state index in [0.717, 1.165) is 25.9 Å². The quantitative estimate of drug-likeness (QED) is 0.569. The van der Waals surface area contributed by atoms with Crippen molar-refractivity contribution in [3.63, 3.8) is 0 Å². The van der Waals surface area contributed by atoms with E-state index in [9.17, 15) is 4.79 Å². The van der Waals surface area contributed by atoms with Gasteiger partial charge in [0.05, 0.1) is 13.2 Å². The fourth-order valence-electron chi connectivity index (χ4n) is 1.45. The van der Waals surface area contributed by atoms with E-state index in [2.05, 4.69) is 18.7 Å². The Labute approximate surface area is 87.4 Å². The summed E-state index contributed by atoms with van der Waals surface area (Å²) < 4.78 is 4.87. The number of nitrogens with zero attached hydrogens (tertiary/aromatic N) is 1. The van der Waals surface area contributed by atoms with E-state index in [1.807, 2.05) is 0 Å². The maximum atomic E-state index is 11.4. The molecule has 0 fully saturated rings. The third-order valence-electron chi connectivity index (χ3n) is 2.06. The topological polar surface area (TPSA) is 29.5 Å². The van der Waals surface area contributed by atoms with Crippen LogP contribution in [-0.4, -0.2) is 44.0 Å². The van der Waals surface area contributed by atoms with Crippen molar-refractivity contribution in [3.05, 3.63) is 0 Å². The molecule has 0 saturated carbocycles. The molecule has 0 spiro atoms. The standard InChI is InChI=1S/C11H23NO2/c1-4-7-12(8-5-2)10-11(13)6-9-14-3/h4-10H2,1-3H3. The second kappa shape index (κ2) is 9.16. The highest BCUT2D eigenvalue weighted by molar-refractivity contribution is 5.80. The predicted octanol–water partition coefficient (Wildman–Crippen LogP) is 1.71. The van der Waals surface area contributed by atoms with Crippen molar-refractivity contribution in [2.45, 2.75) is 33.1 Å². The van der Waals surface area contributed by atoms with Gasteiger partial charge < -0.3 is 4.74 Å². The minimum Gasteiger partial charge on any atom is -0.384 e. The lowest BCUT2D eigenvalue weighted by Crippen LogP contribution is -2.31. The second-order valence-electron chi connectivity index (χ2n) is 3.56. The molecule has 3 heteroatoms. The van der Waals surface area contributed by atoms with Crippen LogP contribution in [0.5, 0.6) is 0 Å². The number of ketones is 1. The first-order valence-corrected chi connectivity index (χ1v) is 5.47. The Morgan fingerprint density at radius 2 is 1.79 bits per heavy atom. The lowest BCUT2D eigenvalue weighted by molar-refractivity contribution is -0.121. The molecular formula is C11H23NO2. The average molecular weight is 201 g/mol. The molecule has 0 bridgehead atoms. The van der Waals surface area contributed by atoms with Gasteiger partial charge in [-0.05, 0) is 25.9 Å². The highest BCUT2D eigenvalue weighted by Crippen LogP contribution is 1.96. The van der Waals surface area contributed by atoms with Crippen LogP contribution in [0.15, 0.2) is 0 Å². The molecule has 14 heavy (non-hydrogen) atoms. The predicted molar refractivity (Wildman–Crippen MR) is 58.5 cm³/mol. The van der Waals surface area contributed by atoms with Gasteiger partial charge in [0.25, 0.3) is 0 Å². The van der Waals surface area contributed by atoms with Crippen molar-refractivity contribution in [1.29, 1.82) is 0 Å². The van der Waals surface area contributed by atoms with E-state index in [-0.39, 0.29) is 5.78 Å². The zero-order valence-electron chi connectivity index (χ0n) is 9.71. The molecule has 3 nitrogen and oxygen atoms in total.